The maximum Gasteiger partial charge on any atom is 0.231 e. The molecule has 0 amide bonds. The van der Waals surface area contributed by atoms with Crippen LogP contribution in [0.25, 0.3) is 0 Å². The summed E-state index contributed by atoms with van der Waals surface area (Å²) in [4.78, 5) is 0. The van der Waals surface area contributed by atoms with E-state index < -0.39 is 0 Å². The van der Waals surface area contributed by atoms with E-state index in [1.165, 1.54) is 0 Å². The Morgan fingerprint density at radius 3 is 2.44 bits per heavy atom. The van der Waals surface area contributed by atoms with Gasteiger partial charge in [-0.15, -0.1) is 0 Å². The van der Waals surface area contributed by atoms with Gasteiger partial charge in [0.05, 0.1) is 7.11 Å². The number of fused-ring (bicyclic) bond motifs is 1. The van der Waals surface area contributed by atoms with Crippen LogP contribution in [-0.2, 0) is 0 Å². The van der Waals surface area contributed by atoms with Crippen molar-refractivity contribution in [2.75, 3.05) is 27.0 Å². The Morgan fingerprint density at radius 2 is 1.78 bits per heavy atom. The molecule has 2 aliphatic rings. The molecule has 0 unspecified atom stereocenters. The highest BCUT2D eigenvalue weighted by Gasteiger charge is 2.21. The second-order valence-electron chi connectivity index (χ2n) is 4.42. The monoisotopic (exact) mass is 251 g/mol. The molecular formula is C13H17NO4. The first-order chi connectivity index (χ1) is 8.86. The van der Waals surface area contributed by atoms with Crippen molar-refractivity contribution >= 4 is 0 Å². The summed E-state index contributed by atoms with van der Waals surface area (Å²) in [6, 6.07) is 3.67. The van der Waals surface area contributed by atoms with Crippen molar-refractivity contribution in [1.82, 2.24) is 5.32 Å². The molecule has 0 aliphatic carbocycles. The van der Waals surface area contributed by atoms with Gasteiger partial charge in [-0.3, -0.25) is 0 Å². The van der Waals surface area contributed by atoms with Crippen LogP contribution in [-0.4, -0.2) is 33.1 Å². The topological polar surface area (TPSA) is 49.0 Å². The summed E-state index contributed by atoms with van der Waals surface area (Å²) in [5, 5.41) is 3.31. The molecule has 2 heterocycles. The highest BCUT2D eigenvalue weighted by molar-refractivity contribution is 5.55. The van der Waals surface area contributed by atoms with Crippen LogP contribution in [0, 0.1) is 0 Å². The first-order valence-electron chi connectivity index (χ1n) is 6.22. The van der Waals surface area contributed by atoms with E-state index in [0.29, 0.717) is 11.5 Å². The number of rotatable bonds is 3. The van der Waals surface area contributed by atoms with Crippen LogP contribution in [0.15, 0.2) is 12.1 Å². The molecule has 0 saturated carbocycles. The minimum Gasteiger partial charge on any atom is -0.493 e. The number of ether oxygens (including phenoxy) is 4. The smallest absolute Gasteiger partial charge is 0.231 e. The Morgan fingerprint density at radius 1 is 1.11 bits per heavy atom. The molecule has 0 atom stereocenters. The molecule has 5 nitrogen and oxygen atoms in total. The highest BCUT2D eigenvalue weighted by Crippen LogP contribution is 2.42. The van der Waals surface area contributed by atoms with E-state index in [1.807, 2.05) is 12.1 Å². The molecule has 0 radical (unpaired) electrons. The number of hydrogen-bond acceptors (Lipinski definition) is 5. The summed E-state index contributed by atoms with van der Waals surface area (Å²) >= 11 is 0. The average molecular weight is 251 g/mol. The molecule has 2 aliphatic heterocycles. The second kappa shape index (κ2) is 4.94. The van der Waals surface area contributed by atoms with Crippen LogP contribution in [0.5, 0.6) is 23.0 Å². The Bertz CT molecular complexity index is 429. The van der Waals surface area contributed by atoms with E-state index in [-0.39, 0.29) is 12.9 Å². The zero-order valence-electron chi connectivity index (χ0n) is 10.4. The van der Waals surface area contributed by atoms with Gasteiger partial charge < -0.3 is 24.3 Å². The largest absolute Gasteiger partial charge is 0.493 e. The number of nitrogens with one attached hydrogen (secondary N) is 1. The number of piperidine rings is 1. The van der Waals surface area contributed by atoms with Crippen LogP contribution in [0.1, 0.15) is 12.8 Å². The van der Waals surface area contributed by atoms with Gasteiger partial charge in [0.1, 0.15) is 6.10 Å². The number of hydrogen-bond donors (Lipinski definition) is 1. The van der Waals surface area contributed by atoms with E-state index in [4.69, 9.17) is 18.9 Å². The first-order valence-corrected chi connectivity index (χ1v) is 6.22. The lowest BCUT2D eigenvalue weighted by molar-refractivity contribution is 0.156. The zero-order valence-corrected chi connectivity index (χ0v) is 10.4. The van der Waals surface area contributed by atoms with E-state index in [2.05, 4.69) is 5.32 Å². The minimum atomic E-state index is 0.237. The molecular weight excluding hydrogens is 234 g/mol. The molecule has 3 rings (SSSR count). The lowest BCUT2D eigenvalue weighted by atomic mass is 10.1. The van der Waals surface area contributed by atoms with E-state index in [1.54, 1.807) is 7.11 Å². The van der Waals surface area contributed by atoms with Crippen LogP contribution < -0.4 is 24.3 Å². The van der Waals surface area contributed by atoms with Crippen molar-refractivity contribution in [1.29, 1.82) is 0 Å². The van der Waals surface area contributed by atoms with E-state index in [0.717, 1.165) is 37.4 Å². The number of methoxy groups -OCH3 is 1. The van der Waals surface area contributed by atoms with Crippen LogP contribution in [0.2, 0.25) is 0 Å². The summed E-state index contributed by atoms with van der Waals surface area (Å²) in [6.07, 6.45) is 2.26. The molecule has 0 bridgehead atoms. The Balaban J connectivity index is 1.81. The standard InChI is InChI=1S/C13H17NO4/c1-15-10-6-11-12(17-8-16-11)7-13(10)18-9-2-4-14-5-3-9/h6-7,9,14H,2-5,8H2,1H3. The maximum absolute atomic E-state index is 6.00. The molecule has 0 spiro atoms. The highest BCUT2D eigenvalue weighted by atomic mass is 16.7. The normalized spacial score (nSPS) is 18.7. The van der Waals surface area contributed by atoms with Gasteiger partial charge in [-0.25, -0.2) is 0 Å². The van der Waals surface area contributed by atoms with Crippen molar-refractivity contribution < 1.29 is 18.9 Å². The Hall–Kier alpha value is -1.62. The lowest BCUT2D eigenvalue weighted by Gasteiger charge is -2.24. The van der Waals surface area contributed by atoms with Crippen LogP contribution >= 0.6 is 0 Å². The first kappa shape index (κ1) is 11.5. The van der Waals surface area contributed by atoms with Gasteiger partial charge in [0.25, 0.3) is 0 Å². The van der Waals surface area contributed by atoms with E-state index in [9.17, 15) is 0 Å². The average Bonchev–Trinajstić information content (AvgIpc) is 2.86. The molecule has 18 heavy (non-hydrogen) atoms. The Kier molecular flexibility index (Phi) is 3.15. The molecule has 98 valence electrons. The fourth-order valence-electron chi connectivity index (χ4n) is 2.25. The third-order valence-corrected chi connectivity index (χ3v) is 3.24. The van der Waals surface area contributed by atoms with Crippen molar-refractivity contribution in [3.05, 3.63) is 12.1 Å². The fourth-order valence-corrected chi connectivity index (χ4v) is 2.25. The summed E-state index contributed by atoms with van der Waals surface area (Å²) in [6.45, 7) is 2.25. The SMILES string of the molecule is COc1cc2c(cc1OC1CCNCC1)OCO2. The second-order valence-corrected chi connectivity index (χ2v) is 4.42. The van der Waals surface area contributed by atoms with Gasteiger partial charge in [-0.2, -0.15) is 0 Å². The minimum absolute atomic E-state index is 0.237. The quantitative estimate of drug-likeness (QED) is 0.883. The number of benzene rings is 1. The van der Waals surface area contributed by atoms with E-state index >= 15 is 0 Å². The van der Waals surface area contributed by atoms with Crippen molar-refractivity contribution in [3.63, 3.8) is 0 Å². The molecule has 5 heteroatoms. The van der Waals surface area contributed by atoms with Gasteiger partial charge in [-0.05, 0) is 25.9 Å². The summed E-state index contributed by atoms with van der Waals surface area (Å²) < 4.78 is 22.0. The van der Waals surface area contributed by atoms with Gasteiger partial charge in [0.2, 0.25) is 6.79 Å². The van der Waals surface area contributed by atoms with Crippen molar-refractivity contribution in [2.45, 2.75) is 18.9 Å². The fraction of sp³-hybridized carbons (Fsp3) is 0.538. The third-order valence-electron chi connectivity index (χ3n) is 3.24. The molecule has 1 aromatic rings. The Labute approximate surface area is 106 Å². The molecule has 1 N–H and O–H groups in total. The summed E-state index contributed by atoms with van der Waals surface area (Å²) in [5.74, 6) is 2.86. The van der Waals surface area contributed by atoms with Crippen molar-refractivity contribution in [3.8, 4) is 23.0 Å². The maximum atomic E-state index is 6.00. The molecule has 0 aromatic heterocycles. The van der Waals surface area contributed by atoms with Gasteiger partial charge in [0, 0.05) is 12.1 Å². The molecule has 1 fully saturated rings. The van der Waals surface area contributed by atoms with Gasteiger partial charge >= 0.3 is 0 Å². The van der Waals surface area contributed by atoms with Gasteiger partial charge in [-0.1, -0.05) is 0 Å². The molecule has 1 aromatic carbocycles. The predicted molar refractivity (Wildman–Crippen MR) is 65.6 cm³/mol. The van der Waals surface area contributed by atoms with Crippen LogP contribution in [0.3, 0.4) is 0 Å². The summed E-state index contributed by atoms with van der Waals surface area (Å²) in [7, 11) is 1.63. The van der Waals surface area contributed by atoms with Crippen LogP contribution in [0.4, 0.5) is 0 Å². The third kappa shape index (κ3) is 2.18. The predicted octanol–water partition coefficient (Wildman–Crippen LogP) is 1.55. The lowest BCUT2D eigenvalue weighted by Crippen LogP contribution is -2.34. The van der Waals surface area contributed by atoms with Crippen molar-refractivity contribution in [2.24, 2.45) is 0 Å². The molecule has 1 saturated heterocycles. The zero-order chi connectivity index (χ0) is 12.4. The van der Waals surface area contributed by atoms with Gasteiger partial charge in [0.15, 0.2) is 23.0 Å². The summed E-state index contributed by atoms with van der Waals surface area (Å²) in [5.41, 5.74) is 0.